The maximum absolute atomic E-state index is 10.6. The molecule has 3 aromatic rings. The highest BCUT2D eigenvalue weighted by Crippen LogP contribution is 2.29. The molecule has 0 aliphatic heterocycles. The Balaban J connectivity index is 0.000000203. The number of carbonyl (C=O) groups is 2. The van der Waals surface area contributed by atoms with E-state index in [2.05, 4.69) is 32.0 Å². The van der Waals surface area contributed by atoms with E-state index in [1.807, 2.05) is 30.5 Å². The topological polar surface area (TPSA) is 65.7 Å². The van der Waals surface area contributed by atoms with Crippen molar-refractivity contribution < 1.29 is 9.59 Å². The van der Waals surface area contributed by atoms with Crippen molar-refractivity contribution in [2.24, 2.45) is 0 Å². The Kier molecular flexibility index (Phi) is 6.43. The standard InChI is InChI=1S/C12H11NOS.C5H4BrNO/c1-15-12-5-3-2-4-10(12)11-6-9(8-14)7-13-11;6-5-1-4(3-8)2-7-5/h2-8,13H,1H3;1-3,7H. The van der Waals surface area contributed by atoms with Gasteiger partial charge in [0.1, 0.15) is 0 Å². The molecule has 118 valence electrons. The molecule has 0 saturated carbocycles. The molecule has 0 aliphatic carbocycles. The highest BCUT2D eigenvalue weighted by atomic mass is 79.9. The molecular formula is C17H15BrN2O2S. The second-order valence-electron chi connectivity index (χ2n) is 4.56. The van der Waals surface area contributed by atoms with Crippen LogP contribution >= 0.6 is 27.7 Å². The summed E-state index contributed by atoms with van der Waals surface area (Å²) in [6.45, 7) is 0. The molecule has 1 aromatic carbocycles. The van der Waals surface area contributed by atoms with Gasteiger partial charge in [-0.15, -0.1) is 11.8 Å². The first kappa shape index (κ1) is 17.3. The number of aldehydes is 2. The molecule has 23 heavy (non-hydrogen) atoms. The summed E-state index contributed by atoms with van der Waals surface area (Å²) in [6, 6.07) is 11.7. The number of thioether (sulfide) groups is 1. The third-order valence-electron chi connectivity index (χ3n) is 3.04. The fourth-order valence-corrected chi connectivity index (χ4v) is 2.94. The second-order valence-corrected chi connectivity index (χ2v) is 6.27. The van der Waals surface area contributed by atoms with E-state index < -0.39 is 0 Å². The van der Waals surface area contributed by atoms with Crippen LogP contribution in [0.3, 0.4) is 0 Å². The van der Waals surface area contributed by atoms with E-state index in [1.54, 1.807) is 30.2 Å². The summed E-state index contributed by atoms with van der Waals surface area (Å²) < 4.78 is 0.833. The number of rotatable bonds is 4. The number of hydrogen-bond acceptors (Lipinski definition) is 3. The number of carbonyl (C=O) groups excluding carboxylic acids is 2. The van der Waals surface area contributed by atoms with E-state index >= 15 is 0 Å². The molecule has 3 rings (SSSR count). The minimum Gasteiger partial charge on any atom is -0.360 e. The molecule has 0 fully saturated rings. The van der Waals surface area contributed by atoms with Crippen LogP contribution in [0.1, 0.15) is 20.7 Å². The molecule has 0 atom stereocenters. The van der Waals surface area contributed by atoms with Crippen LogP contribution in [0, 0.1) is 0 Å². The molecule has 0 bridgehead atoms. The average molecular weight is 391 g/mol. The first-order valence-corrected chi connectivity index (χ1v) is 8.75. The number of nitrogens with one attached hydrogen (secondary N) is 2. The Morgan fingerprint density at radius 3 is 2.17 bits per heavy atom. The average Bonchev–Trinajstić information content (AvgIpc) is 3.24. The lowest BCUT2D eigenvalue weighted by Gasteiger charge is -2.03. The molecule has 0 saturated heterocycles. The summed E-state index contributed by atoms with van der Waals surface area (Å²) in [4.78, 5) is 27.7. The number of aromatic nitrogens is 2. The predicted molar refractivity (Wildman–Crippen MR) is 97.3 cm³/mol. The highest BCUT2D eigenvalue weighted by molar-refractivity contribution is 9.10. The van der Waals surface area contributed by atoms with Gasteiger partial charge >= 0.3 is 0 Å². The van der Waals surface area contributed by atoms with Gasteiger partial charge in [0.25, 0.3) is 0 Å². The van der Waals surface area contributed by atoms with Crippen molar-refractivity contribution in [3.05, 3.63) is 64.5 Å². The number of hydrogen-bond donors (Lipinski definition) is 2. The number of H-pyrrole nitrogens is 2. The smallest absolute Gasteiger partial charge is 0.151 e. The van der Waals surface area contributed by atoms with Gasteiger partial charge in [-0.3, -0.25) is 9.59 Å². The van der Waals surface area contributed by atoms with Crippen LogP contribution in [-0.2, 0) is 0 Å². The molecule has 6 heteroatoms. The Morgan fingerprint density at radius 2 is 1.65 bits per heavy atom. The van der Waals surface area contributed by atoms with Gasteiger partial charge in [0.2, 0.25) is 0 Å². The van der Waals surface area contributed by atoms with Gasteiger partial charge < -0.3 is 9.97 Å². The molecule has 2 aromatic heterocycles. The molecule has 0 unspecified atom stereocenters. The van der Waals surface area contributed by atoms with Crippen LogP contribution in [0.4, 0.5) is 0 Å². The summed E-state index contributed by atoms with van der Waals surface area (Å²) >= 11 is 4.86. The molecule has 2 N–H and O–H groups in total. The van der Waals surface area contributed by atoms with Gasteiger partial charge in [-0.2, -0.15) is 0 Å². The Hall–Kier alpha value is -2.05. The fourth-order valence-electron chi connectivity index (χ4n) is 1.95. The SMILES string of the molecule is CSc1ccccc1-c1cc(C=O)c[nH]1.O=Cc1c[nH]c(Br)c1. The van der Waals surface area contributed by atoms with E-state index in [9.17, 15) is 9.59 Å². The highest BCUT2D eigenvalue weighted by Gasteiger charge is 2.05. The van der Waals surface area contributed by atoms with Crippen molar-refractivity contribution in [2.75, 3.05) is 6.26 Å². The minimum absolute atomic E-state index is 0.664. The van der Waals surface area contributed by atoms with Crippen molar-refractivity contribution >= 4 is 40.3 Å². The van der Waals surface area contributed by atoms with Crippen molar-refractivity contribution in [3.8, 4) is 11.3 Å². The third-order valence-corrected chi connectivity index (χ3v) is 4.30. The van der Waals surface area contributed by atoms with Crippen molar-refractivity contribution in [3.63, 3.8) is 0 Å². The van der Waals surface area contributed by atoms with Crippen LogP contribution in [0.5, 0.6) is 0 Å². The van der Waals surface area contributed by atoms with Gasteiger partial charge in [-0.05, 0) is 40.4 Å². The lowest BCUT2D eigenvalue weighted by atomic mass is 10.1. The summed E-state index contributed by atoms with van der Waals surface area (Å²) in [5.41, 5.74) is 3.47. The van der Waals surface area contributed by atoms with Crippen LogP contribution in [0.2, 0.25) is 0 Å². The molecular weight excluding hydrogens is 376 g/mol. The molecule has 4 nitrogen and oxygen atoms in total. The molecule has 0 radical (unpaired) electrons. The summed E-state index contributed by atoms with van der Waals surface area (Å²) in [6.07, 6.45) is 7.04. The first-order chi connectivity index (χ1) is 11.2. The van der Waals surface area contributed by atoms with Crippen LogP contribution in [0.25, 0.3) is 11.3 Å². The normalized spacial score (nSPS) is 9.83. The predicted octanol–water partition coefficient (Wildman–Crippen LogP) is 4.81. The van der Waals surface area contributed by atoms with E-state index in [0.717, 1.165) is 28.4 Å². The quantitative estimate of drug-likeness (QED) is 0.496. The third kappa shape index (κ3) is 4.71. The van der Waals surface area contributed by atoms with Gasteiger partial charge in [0.05, 0.1) is 4.60 Å². The number of benzene rings is 1. The summed E-state index contributed by atoms with van der Waals surface area (Å²) in [5.74, 6) is 0. The fraction of sp³-hybridized carbons (Fsp3) is 0.0588. The molecule has 0 aliphatic rings. The zero-order valence-electron chi connectivity index (χ0n) is 12.4. The van der Waals surface area contributed by atoms with Gasteiger partial charge in [-0.1, -0.05) is 18.2 Å². The van der Waals surface area contributed by atoms with E-state index in [1.165, 1.54) is 4.90 Å². The van der Waals surface area contributed by atoms with Crippen molar-refractivity contribution in [1.29, 1.82) is 0 Å². The summed E-state index contributed by atoms with van der Waals surface area (Å²) in [7, 11) is 0. The first-order valence-electron chi connectivity index (χ1n) is 6.74. The monoisotopic (exact) mass is 390 g/mol. The van der Waals surface area contributed by atoms with Gasteiger partial charge in [-0.25, -0.2) is 0 Å². The van der Waals surface area contributed by atoms with Gasteiger partial charge in [0.15, 0.2) is 12.6 Å². The second kappa shape index (κ2) is 8.55. The Labute approximate surface area is 146 Å². The summed E-state index contributed by atoms with van der Waals surface area (Å²) in [5, 5.41) is 0. The Morgan fingerprint density at radius 1 is 1.00 bits per heavy atom. The lowest BCUT2D eigenvalue weighted by molar-refractivity contribution is 0.111. The molecule has 0 amide bonds. The zero-order chi connectivity index (χ0) is 16.7. The van der Waals surface area contributed by atoms with E-state index in [-0.39, 0.29) is 0 Å². The molecule has 2 heterocycles. The van der Waals surface area contributed by atoms with E-state index in [4.69, 9.17) is 0 Å². The van der Waals surface area contributed by atoms with Crippen molar-refractivity contribution in [2.45, 2.75) is 4.90 Å². The lowest BCUT2D eigenvalue weighted by Crippen LogP contribution is -1.80. The number of aromatic amines is 2. The maximum atomic E-state index is 10.6. The van der Waals surface area contributed by atoms with Crippen LogP contribution < -0.4 is 0 Å². The van der Waals surface area contributed by atoms with Crippen molar-refractivity contribution in [1.82, 2.24) is 9.97 Å². The largest absolute Gasteiger partial charge is 0.360 e. The van der Waals surface area contributed by atoms with Crippen LogP contribution in [0.15, 0.2) is 58.3 Å². The maximum Gasteiger partial charge on any atom is 0.151 e. The zero-order valence-corrected chi connectivity index (χ0v) is 14.8. The Bertz CT molecular complexity index is 795. The van der Waals surface area contributed by atoms with E-state index in [0.29, 0.717) is 11.1 Å². The minimum atomic E-state index is 0.664. The molecule has 0 spiro atoms. The van der Waals surface area contributed by atoms with Crippen LogP contribution in [-0.4, -0.2) is 28.8 Å². The number of halogens is 1. The van der Waals surface area contributed by atoms with Gasteiger partial charge in [0, 0.05) is 39.7 Å².